The van der Waals surface area contributed by atoms with Crippen molar-refractivity contribution in [1.29, 1.82) is 5.26 Å². The average molecular weight is 204 g/mol. The molecular weight excluding hydrogens is 192 g/mol. The van der Waals surface area contributed by atoms with Crippen molar-refractivity contribution in [3.05, 3.63) is 29.8 Å². The van der Waals surface area contributed by atoms with Crippen LogP contribution in [0.5, 0.6) is 0 Å². The molecule has 1 N–H and O–H groups in total. The molecule has 1 saturated heterocycles. The first-order chi connectivity index (χ1) is 6.88. The Labute approximate surface area is 88.3 Å². The van der Waals surface area contributed by atoms with Crippen molar-refractivity contribution in [2.24, 2.45) is 0 Å². The Balaban J connectivity index is 2.05. The minimum Gasteiger partial charge on any atom is -0.381 e. The summed E-state index contributed by atoms with van der Waals surface area (Å²) in [5.41, 5.74) is 1.79. The lowest BCUT2D eigenvalue weighted by atomic mass is 10.2. The highest BCUT2D eigenvalue weighted by atomic mass is 32.2. The van der Waals surface area contributed by atoms with E-state index < -0.39 is 0 Å². The van der Waals surface area contributed by atoms with Crippen LogP contribution in [-0.2, 0) is 0 Å². The van der Waals surface area contributed by atoms with Gasteiger partial charge in [-0.3, -0.25) is 0 Å². The Kier molecular flexibility index (Phi) is 2.95. The molecule has 0 radical (unpaired) electrons. The van der Waals surface area contributed by atoms with Crippen molar-refractivity contribution >= 4 is 17.4 Å². The van der Waals surface area contributed by atoms with Crippen LogP contribution in [0.15, 0.2) is 24.3 Å². The molecule has 0 saturated carbocycles. The van der Waals surface area contributed by atoms with Gasteiger partial charge in [0, 0.05) is 17.5 Å². The molecular formula is C11H12N2S. The molecule has 1 atom stereocenters. The maximum atomic E-state index is 8.74. The van der Waals surface area contributed by atoms with E-state index in [4.69, 9.17) is 5.26 Å². The molecule has 0 aliphatic carbocycles. The van der Waals surface area contributed by atoms with Gasteiger partial charge in [-0.1, -0.05) is 6.07 Å². The molecule has 3 heteroatoms. The Hall–Kier alpha value is -1.14. The minimum atomic E-state index is 0.578. The molecule has 1 heterocycles. The number of nitrogens with one attached hydrogen (secondary N) is 1. The van der Waals surface area contributed by atoms with Gasteiger partial charge in [0.2, 0.25) is 0 Å². The van der Waals surface area contributed by atoms with Gasteiger partial charge < -0.3 is 5.32 Å². The lowest BCUT2D eigenvalue weighted by molar-refractivity contribution is 0.813. The van der Waals surface area contributed by atoms with Crippen LogP contribution >= 0.6 is 11.8 Å². The number of rotatable bonds is 2. The van der Waals surface area contributed by atoms with E-state index in [0.29, 0.717) is 6.04 Å². The summed E-state index contributed by atoms with van der Waals surface area (Å²) < 4.78 is 0. The van der Waals surface area contributed by atoms with E-state index in [0.717, 1.165) is 11.3 Å². The fraction of sp³-hybridized carbons (Fsp3) is 0.364. The third-order valence-corrected chi connectivity index (χ3v) is 3.45. The molecule has 1 aromatic carbocycles. The third-order valence-electron chi connectivity index (χ3n) is 2.29. The summed E-state index contributed by atoms with van der Waals surface area (Å²) in [5.74, 6) is 2.42. The van der Waals surface area contributed by atoms with Gasteiger partial charge in [-0.05, 0) is 30.4 Å². The summed E-state index contributed by atoms with van der Waals surface area (Å²) >= 11 is 1.98. The van der Waals surface area contributed by atoms with Crippen molar-refractivity contribution in [2.75, 3.05) is 16.8 Å². The topological polar surface area (TPSA) is 35.8 Å². The summed E-state index contributed by atoms with van der Waals surface area (Å²) in [4.78, 5) is 0. The van der Waals surface area contributed by atoms with Gasteiger partial charge >= 0.3 is 0 Å². The number of benzene rings is 1. The van der Waals surface area contributed by atoms with Crippen molar-refractivity contribution in [1.82, 2.24) is 0 Å². The van der Waals surface area contributed by atoms with Crippen molar-refractivity contribution in [3.8, 4) is 6.07 Å². The first kappa shape index (κ1) is 9.42. The van der Waals surface area contributed by atoms with Gasteiger partial charge in [0.05, 0.1) is 11.6 Å². The summed E-state index contributed by atoms with van der Waals surface area (Å²) in [7, 11) is 0. The Morgan fingerprint density at radius 3 is 3.14 bits per heavy atom. The Bertz CT molecular complexity index is 351. The molecule has 0 amide bonds. The van der Waals surface area contributed by atoms with Crippen molar-refractivity contribution in [2.45, 2.75) is 12.5 Å². The predicted molar refractivity (Wildman–Crippen MR) is 60.5 cm³/mol. The summed E-state index contributed by atoms with van der Waals surface area (Å²) in [6, 6.07) is 10.4. The van der Waals surface area contributed by atoms with Crippen molar-refractivity contribution < 1.29 is 0 Å². The molecule has 1 fully saturated rings. The van der Waals surface area contributed by atoms with Gasteiger partial charge in [-0.2, -0.15) is 17.0 Å². The number of hydrogen-bond acceptors (Lipinski definition) is 3. The second-order valence-corrected chi connectivity index (χ2v) is 4.55. The SMILES string of the molecule is N#Cc1cccc(NC2CCSC2)c1. The molecule has 1 unspecified atom stereocenters. The first-order valence-electron chi connectivity index (χ1n) is 4.73. The first-order valence-corrected chi connectivity index (χ1v) is 5.88. The standard InChI is InChI=1S/C11H12N2S/c12-7-9-2-1-3-10(6-9)13-11-4-5-14-8-11/h1-3,6,11,13H,4-5,8H2. The van der Waals surface area contributed by atoms with Crippen LogP contribution < -0.4 is 5.32 Å². The maximum absolute atomic E-state index is 8.74. The lowest BCUT2D eigenvalue weighted by Gasteiger charge is -2.12. The highest BCUT2D eigenvalue weighted by Crippen LogP contribution is 2.21. The predicted octanol–water partition coefficient (Wildman–Crippen LogP) is 2.48. The summed E-state index contributed by atoms with van der Waals surface area (Å²) in [6.45, 7) is 0. The van der Waals surface area contributed by atoms with E-state index in [1.54, 1.807) is 0 Å². The van der Waals surface area contributed by atoms with Crippen LogP contribution in [0.4, 0.5) is 5.69 Å². The second kappa shape index (κ2) is 4.39. The molecule has 14 heavy (non-hydrogen) atoms. The van der Waals surface area contributed by atoms with Crippen LogP contribution in [-0.4, -0.2) is 17.5 Å². The molecule has 0 bridgehead atoms. The second-order valence-electron chi connectivity index (χ2n) is 3.40. The van der Waals surface area contributed by atoms with Crippen LogP contribution in [0, 0.1) is 11.3 Å². The van der Waals surface area contributed by atoms with E-state index in [1.165, 1.54) is 17.9 Å². The molecule has 2 rings (SSSR count). The highest BCUT2D eigenvalue weighted by molar-refractivity contribution is 7.99. The van der Waals surface area contributed by atoms with E-state index in [9.17, 15) is 0 Å². The van der Waals surface area contributed by atoms with Gasteiger partial charge in [-0.25, -0.2) is 0 Å². The van der Waals surface area contributed by atoms with Crippen LogP contribution in [0.1, 0.15) is 12.0 Å². The molecule has 0 spiro atoms. The Morgan fingerprint density at radius 1 is 1.50 bits per heavy atom. The molecule has 1 aliphatic heterocycles. The highest BCUT2D eigenvalue weighted by Gasteiger charge is 2.14. The van der Waals surface area contributed by atoms with Gasteiger partial charge in [0.15, 0.2) is 0 Å². The Morgan fingerprint density at radius 2 is 2.43 bits per heavy atom. The maximum Gasteiger partial charge on any atom is 0.0992 e. The number of anilines is 1. The normalized spacial score (nSPS) is 20.4. The van der Waals surface area contributed by atoms with E-state index in [1.807, 2.05) is 36.0 Å². The fourth-order valence-electron chi connectivity index (χ4n) is 1.56. The number of hydrogen-bond donors (Lipinski definition) is 1. The van der Waals surface area contributed by atoms with Gasteiger partial charge in [0.1, 0.15) is 0 Å². The summed E-state index contributed by atoms with van der Waals surface area (Å²) in [5, 5.41) is 12.2. The molecule has 72 valence electrons. The smallest absolute Gasteiger partial charge is 0.0992 e. The zero-order chi connectivity index (χ0) is 9.80. The minimum absolute atomic E-state index is 0.578. The van der Waals surface area contributed by atoms with Gasteiger partial charge in [0.25, 0.3) is 0 Å². The largest absolute Gasteiger partial charge is 0.381 e. The van der Waals surface area contributed by atoms with Crippen molar-refractivity contribution in [3.63, 3.8) is 0 Å². The number of nitrogens with zero attached hydrogens (tertiary/aromatic N) is 1. The zero-order valence-corrected chi connectivity index (χ0v) is 8.68. The molecule has 2 nitrogen and oxygen atoms in total. The van der Waals surface area contributed by atoms with Gasteiger partial charge in [-0.15, -0.1) is 0 Å². The monoisotopic (exact) mass is 204 g/mol. The van der Waals surface area contributed by atoms with Crippen LogP contribution in [0.3, 0.4) is 0 Å². The fourth-order valence-corrected chi connectivity index (χ4v) is 2.71. The number of thioether (sulfide) groups is 1. The third kappa shape index (κ3) is 2.21. The molecule has 1 aromatic rings. The molecule has 0 aromatic heterocycles. The van der Waals surface area contributed by atoms with Crippen LogP contribution in [0.2, 0.25) is 0 Å². The molecule has 1 aliphatic rings. The number of nitriles is 1. The van der Waals surface area contributed by atoms with E-state index in [2.05, 4.69) is 11.4 Å². The zero-order valence-electron chi connectivity index (χ0n) is 7.86. The summed E-state index contributed by atoms with van der Waals surface area (Å²) in [6.07, 6.45) is 1.22. The quantitative estimate of drug-likeness (QED) is 0.804. The lowest BCUT2D eigenvalue weighted by Crippen LogP contribution is -2.17. The van der Waals surface area contributed by atoms with E-state index in [-0.39, 0.29) is 0 Å². The van der Waals surface area contributed by atoms with E-state index >= 15 is 0 Å². The van der Waals surface area contributed by atoms with Crippen LogP contribution in [0.25, 0.3) is 0 Å². The average Bonchev–Trinajstić information content (AvgIpc) is 2.71.